The second-order valence-electron chi connectivity index (χ2n) is 2.84. The predicted molar refractivity (Wildman–Crippen MR) is 49.0 cm³/mol. The zero-order chi connectivity index (χ0) is 8.55. The highest BCUT2D eigenvalue weighted by Gasteiger charge is 2.23. The van der Waals surface area contributed by atoms with Gasteiger partial charge in [0.15, 0.2) is 0 Å². The van der Waals surface area contributed by atoms with Gasteiger partial charge in [-0.05, 0) is 29.8 Å². The SMILES string of the molecule is NC1Cc2ccccc2SC1=O. The third-order valence-electron chi connectivity index (χ3n) is 1.93. The highest BCUT2D eigenvalue weighted by Crippen LogP contribution is 2.29. The summed E-state index contributed by atoms with van der Waals surface area (Å²) in [4.78, 5) is 12.3. The van der Waals surface area contributed by atoms with Gasteiger partial charge in [0.1, 0.15) is 0 Å². The van der Waals surface area contributed by atoms with E-state index >= 15 is 0 Å². The van der Waals surface area contributed by atoms with Crippen LogP contribution in [0, 0.1) is 0 Å². The minimum atomic E-state index is -0.315. The lowest BCUT2D eigenvalue weighted by atomic mass is 10.1. The first-order valence-corrected chi connectivity index (χ1v) is 4.64. The molecule has 0 spiro atoms. The molecule has 0 aromatic heterocycles. The van der Waals surface area contributed by atoms with Gasteiger partial charge >= 0.3 is 0 Å². The molecule has 2 rings (SSSR count). The second-order valence-corrected chi connectivity index (χ2v) is 3.89. The summed E-state index contributed by atoms with van der Waals surface area (Å²) in [5.74, 6) is 0. The van der Waals surface area contributed by atoms with E-state index in [1.807, 2.05) is 24.3 Å². The molecule has 1 unspecified atom stereocenters. The molecule has 0 aliphatic carbocycles. The average molecular weight is 179 g/mol. The zero-order valence-corrected chi connectivity index (χ0v) is 7.30. The van der Waals surface area contributed by atoms with Gasteiger partial charge < -0.3 is 5.73 Å². The molecule has 1 aromatic rings. The first-order chi connectivity index (χ1) is 5.77. The number of carbonyl (C=O) groups is 1. The second kappa shape index (κ2) is 2.92. The van der Waals surface area contributed by atoms with Crippen molar-refractivity contribution in [2.24, 2.45) is 5.73 Å². The van der Waals surface area contributed by atoms with Gasteiger partial charge in [0.25, 0.3) is 0 Å². The monoisotopic (exact) mass is 179 g/mol. The lowest BCUT2D eigenvalue weighted by Crippen LogP contribution is -2.33. The van der Waals surface area contributed by atoms with Crippen LogP contribution in [0.1, 0.15) is 5.56 Å². The molecule has 62 valence electrons. The first-order valence-electron chi connectivity index (χ1n) is 3.82. The van der Waals surface area contributed by atoms with Crippen molar-refractivity contribution >= 4 is 16.9 Å². The van der Waals surface area contributed by atoms with Crippen LogP contribution in [0.2, 0.25) is 0 Å². The Hall–Kier alpha value is -0.800. The van der Waals surface area contributed by atoms with Crippen LogP contribution in [0.5, 0.6) is 0 Å². The maximum Gasteiger partial charge on any atom is 0.210 e. The largest absolute Gasteiger partial charge is 0.320 e. The Morgan fingerprint density at radius 3 is 3.00 bits per heavy atom. The molecule has 12 heavy (non-hydrogen) atoms. The molecule has 0 fully saturated rings. The van der Waals surface area contributed by atoms with Crippen molar-refractivity contribution < 1.29 is 4.79 Å². The first kappa shape index (κ1) is 7.83. The molecule has 1 aliphatic heterocycles. The van der Waals surface area contributed by atoms with Gasteiger partial charge in [-0.15, -0.1) is 0 Å². The molecule has 1 aromatic carbocycles. The van der Waals surface area contributed by atoms with Crippen LogP contribution in [0.4, 0.5) is 0 Å². The van der Waals surface area contributed by atoms with Crippen molar-refractivity contribution in [1.29, 1.82) is 0 Å². The van der Waals surface area contributed by atoms with Crippen LogP contribution in [-0.4, -0.2) is 11.2 Å². The number of fused-ring (bicyclic) bond motifs is 1. The third-order valence-corrected chi connectivity index (χ3v) is 3.05. The molecular formula is C9H9NOS. The summed E-state index contributed by atoms with van der Waals surface area (Å²) in [6.45, 7) is 0. The van der Waals surface area contributed by atoms with Gasteiger partial charge in [0, 0.05) is 4.90 Å². The van der Waals surface area contributed by atoms with Gasteiger partial charge in [0.2, 0.25) is 5.12 Å². The highest BCUT2D eigenvalue weighted by atomic mass is 32.2. The molecule has 1 atom stereocenters. The van der Waals surface area contributed by atoms with Gasteiger partial charge in [0.05, 0.1) is 6.04 Å². The smallest absolute Gasteiger partial charge is 0.210 e. The van der Waals surface area contributed by atoms with Gasteiger partial charge in [-0.3, -0.25) is 4.79 Å². The molecule has 0 saturated carbocycles. The Labute approximate surface area is 75.1 Å². The van der Waals surface area contributed by atoms with Crippen molar-refractivity contribution in [3.8, 4) is 0 Å². The van der Waals surface area contributed by atoms with E-state index in [1.54, 1.807) is 0 Å². The maximum atomic E-state index is 11.2. The Morgan fingerprint density at radius 2 is 2.17 bits per heavy atom. The Kier molecular flexibility index (Phi) is 1.90. The number of carbonyl (C=O) groups excluding carboxylic acids is 1. The Morgan fingerprint density at radius 1 is 1.42 bits per heavy atom. The van der Waals surface area contributed by atoms with E-state index in [0.29, 0.717) is 6.42 Å². The lowest BCUT2D eigenvalue weighted by molar-refractivity contribution is -0.112. The normalized spacial score (nSPS) is 22.1. The van der Waals surface area contributed by atoms with Crippen LogP contribution in [0.25, 0.3) is 0 Å². The van der Waals surface area contributed by atoms with E-state index in [0.717, 1.165) is 4.90 Å². The standard InChI is InChI=1S/C9H9NOS/c10-7-5-6-3-1-2-4-8(6)12-9(7)11/h1-4,7H,5,10H2. The summed E-state index contributed by atoms with van der Waals surface area (Å²) in [6.07, 6.45) is 0.683. The van der Waals surface area contributed by atoms with E-state index in [2.05, 4.69) is 0 Å². The topological polar surface area (TPSA) is 43.1 Å². The van der Waals surface area contributed by atoms with Crippen molar-refractivity contribution in [3.63, 3.8) is 0 Å². The lowest BCUT2D eigenvalue weighted by Gasteiger charge is -2.18. The van der Waals surface area contributed by atoms with E-state index in [-0.39, 0.29) is 11.2 Å². The molecule has 2 N–H and O–H groups in total. The minimum absolute atomic E-state index is 0.0775. The fourth-order valence-electron chi connectivity index (χ4n) is 1.28. The number of thioether (sulfide) groups is 1. The summed E-state index contributed by atoms with van der Waals surface area (Å²) in [7, 11) is 0. The van der Waals surface area contributed by atoms with E-state index in [9.17, 15) is 4.79 Å². The number of hydrogen-bond acceptors (Lipinski definition) is 3. The summed E-state index contributed by atoms with van der Waals surface area (Å²) < 4.78 is 0. The predicted octanol–water partition coefficient (Wildman–Crippen LogP) is 1.19. The number of nitrogens with two attached hydrogens (primary N) is 1. The Balaban J connectivity index is 2.40. The van der Waals surface area contributed by atoms with Crippen LogP contribution in [0.15, 0.2) is 29.2 Å². The van der Waals surface area contributed by atoms with Crippen LogP contribution < -0.4 is 5.73 Å². The summed E-state index contributed by atoms with van der Waals surface area (Å²) in [5.41, 5.74) is 6.81. The number of benzene rings is 1. The minimum Gasteiger partial charge on any atom is -0.320 e. The molecule has 2 nitrogen and oxygen atoms in total. The maximum absolute atomic E-state index is 11.2. The molecule has 0 amide bonds. The van der Waals surface area contributed by atoms with E-state index < -0.39 is 0 Å². The summed E-state index contributed by atoms with van der Waals surface area (Å²) in [6, 6.07) is 7.58. The van der Waals surface area contributed by atoms with Crippen molar-refractivity contribution in [2.75, 3.05) is 0 Å². The fraction of sp³-hybridized carbons (Fsp3) is 0.222. The molecule has 0 saturated heterocycles. The zero-order valence-electron chi connectivity index (χ0n) is 6.49. The van der Waals surface area contributed by atoms with Crippen LogP contribution in [-0.2, 0) is 11.2 Å². The van der Waals surface area contributed by atoms with Crippen molar-refractivity contribution in [3.05, 3.63) is 29.8 Å². The number of hydrogen-bond donors (Lipinski definition) is 1. The van der Waals surface area contributed by atoms with Crippen LogP contribution >= 0.6 is 11.8 Å². The Bertz CT molecular complexity index is 324. The average Bonchev–Trinajstić information content (AvgIpc) is 2.07. The van der Waals surface area contributed by atoms with Gasteiger partial charge in [-0.2, -0.15) is 0 Å². The molecule has 1 heterocycles. The van der Waals surface area contributed by atoms with Gasteiger partial charge in [-0.25, -0.2) is 0 Å². The third kappa shape index (κ3) is 1.26. The highest BCUT2D eigenvalue weighted by molar-refractivity contribution is 8.13. The van der Waals surface area contributed by atoms with Crippen molar-refractivity contribution in [2.45, 2.75) is 17.4 Å². The number of rotatable bonds is 0. The molecular weight excluding hydrogens is 170 g/mol. The molecule has 3 heteroatoms. The van der Waals surface area contributed by atoms with Crippen molar-refractivity contribution in [1.82, 2.24) is 0 Å². The fourth-order valence-corrected chi connectivity index (χ4v) is 2.16. The summed E-state index contributed by atoms with van der Waals surface area (Å²) in [5, 5.41) is 0.0775. The van der Waals surface area contributed by atoms with Gasteiger partial charge in [-0.1, -0.05) is 18.2 Å². The molecule has 0 bridgehead atoms. The molecule has 0 radical (unpaired) electrons. The summed E-state index contributed by atoms with van der Waals surface area (Å²) >= 11 is 1.26. The van der Waals surface area contributed by atoms with E-state index in [4.69, 9.17) is 5.73 Å². The van der Waals surface area contributed by atoms with E-state index in [1.165, 1.54) is 17.3 Å². The molecule has 1 aliphatic rings. The van der Waals surface area contributed by atoms with Crippen LogP contribution in [0.3, 0.4) is 0 Å². The quantitative estimate of drug-likeness (QED) is 0.650.